The highest BCUT2D eigenvalue weighted by Gasteiger charge is 2.17. The molecule has 2 aromatic carbocycles. The van der Waals surface area contributed by atoms with E-state index in [4.69, 9.17) is 0 Å². The third-order valence-electron chi connectivity index (χ3n) is 5.30. The summed E-state index contributed by atoms with van der Waals surface area (Å²) >= 11 is 0. The number of aliphatic hydroxyl groups is 2. The maximum absolute atomic E-state index is 9.85. The first-order valence-corrected chi connectivity index (χ1v) is 8.20. The minimum Gasteiger partial charge on any atom is -0.392 e. The van der Waals surface area contributed by atoms with Crippen LogP contribution in [0.4, 0.5) is 0 Å². The highest BCUT2D eigenvalue weighted by molar-refractivity contribution is 5.51. The van der Waals surface area contributed by atoms with Crippen molar-refractivity contribution in [2.45, 2.75) is 61.2 Å². The molecule has 0 saturated heterocycles. The molecule has 2 rings (SSSR count). The van der Waals surface area contributed by atoms with E-state index in [0.717, 1.165) is 28.7 Å². The lowest BCUT2D eigenvalue weighted by molar-refractivity contribution is 0.278. The smallest absolute Gasteiger partial charge is 0.0687 e. The summed E-state index contributed by atoms with van der Waals surface area (Å²) in [5.41, 5.74) is 11.7. The molecule has 2 N–H and O–H groups in total. The van der Waals surface area contributed by atoms with Crippen LogP contribution in [-0.4, -0.2) is 10.2 Å². The van der Waals surface area contributed by atoms with Gasteiger partial charge in [-0.05, 0) is 104 Å². The Morgan fingerprint density at radius 3 is 1.22 bits per heavy atom. The monoisotopic (exact) mass is 312 g/mol. The van der Waals surface area contributed by atoms with Gasteiger partial charge in [-0.25, -0.2) is 0 Å². The molecule has 0 aliphatic rings. The predicted molar refractivity (Wildman–Crippen MR) is 96.0 cm³/mol. The second kappa shape index (κ2) is 6.86. The van der Waals surface area contributed by atoms with E-state index in [2.05, 4.69) is 53.7 Å². The van der Waals surface area contributed by atoms with Crippen LogP contribution >= 0.6 is 0 Å². The summed E-state index contributed by atoms with van der Waals surface area (Å²) < 4.78 is 0. The Hall–Kier alpha value is -1.64. The van der Waals surface area contributed by atoms with Gasteiger partial charge >= 0.3 is 0 Å². The number of aryl methyl sites for hydroxylation is 4. The van der Waals surface area contributed by atoms with E-state index >= 15 is 0 Å². The SMILES string of the molecule is Cc1cc(C)c(CO)c(Cc2c(C)c(C)cc(C)c2CO)c1C. The van der Waals surface area contributed by atoms with Gasteiger partial charge in [0.05, 0.1) is 13.2 Å². The molecular weight excluding hydrogens is 284 g/mol. The lowest BCUT2D eigenvalue weighted by Crippen LogP contribution is -2.09. The molecule has 2 nitrogen and oxygen atoms in total. The number of hydrogen-bond donors (Lipinski definition) is 2. The van der Waals surface area contributed by atoms with E-state index < -0.39 is 0 Å². The molecule has 124 valence electrons. The first-order chi connectivity index (χ1) is 10.8. The van der Waals surface area contributed by atoms with E-state index in [9.17, 15) is 10.2 Å². The first-order valence-electron chi connectivity index (χ1n) is 8.20. The third-order valence-corrected chi connectivity index (χ3v) is 5.30. The summed E-state index contributed by atoms with van der Waals surface area (Å²) in [6, 6.07) is 4.29. The van der Waals surface area contributed by atoms with E-state index in [0.29, 0.717) is 0 Å². The van der Waals surface area contributed by atoms with Crippen LogP contribution in [0.5, 0.6) is 0 Å². The van der Waals surface area contributed by atoms with Crippen molar-refractivity contribution < 1.29 is 10.2 Å². The zero-order valence-electron chi connectivity index (χ0n) is 15.2. The van der Waals surface area contributed by atoms with Gasteiger partial charge in [-0.3, -0.25) is 0 Å². The Morgan fingerprint density at radius 2 is 0.913 bits per heavy atom. The molecule has 0 aromatic heterocycles. The summed E-state index contributed by atoms with van der Waals surface area (Å²) in [5.74, 6) is 0. The fourth-order valence-electron chi connectivity index (χ4n) is 3.54. The molecule has 0 atom stereocenters. The molecule has 0 bridgehead atoms. The highest BCUT2D eigenvalue weighted by Crippen LogP contribution is 2.30. The minimum atomic E-state index is 0.0561. The average Bonchev–Trinajstić information content (AvgIpc) is 2.49. The lowest BCUT2D eigenvalue weighted by Gasteiger charge is -2.21. The molecule has 2 aromatic rings. The van der Waals surface area contributed by atoms with Crippen molar-refractivity contribution in [3.05, 3.63) is 67.8 Å². The quantitative estimate of drug-likeness (QED) is 0.892. The molecule has 23 heavy (non-hydrogen) atoms. The van der Waals surface area contributed by atoms with E-state index in [1.807, 2.05) is 0 Å². The summed E-state index contributed by atoms with van der Waals surface area (Å²) in [5, 5.41) is 19.7. The normalized spacial score (nSPS) is 11.1. The Labute approximate surface area is 139 Å². The van der Waals surface area contributed by atoms with Crippen LogP contribution < -0.4 is 0 Å². The molecule has 0 amide bonds. The highest BCUT2D eigenvalue weighted by atomic mass is 16.3. The van der Waals surface area contributed by atoms with E-state index in [1.165, 1.54) is 33.4 Å². The van der Waals surface area contributed by atoms with Crippen LogP contribution in [0.15, 0.2) is 12.1 Å². The maximum atomic E-state index is 9.85. The van der Waals surface area contributed by atoms with Crippen LogP contribution in [0.3, 0.4) is 0 Å². The zero-order valence-corrected chi connectivity index (χ0v) is 15.2. The van der Waals surface area contributed by atoms with Gasteiger partial charge in [-0.1, -0.05) is 12.1 Å². The van der Waals surface area contributed by atoms with Crippen molar-refractivity contribution in [1.29, 1.82) is 0 Å². The summed E-state index contributed by atoms with van der Waals surface area (Å²) in [6.45, 7) is 12.7. The molecule has 0 fully saturated rings. The van der Waals surface area contributed by atoms with Crippen molar-refractivity contribution in [3.63, 3.8) is 0 Å². The van der Waals surface area contributed by atoms with Gasteiger partial charge in [0.25, 0.3) is 0 Å². The topological polar surface area (TPSA) is 40.5 Å². The predicted octanol–water partition coefficient (Wildman–Crippen LogP) is 4.11. The van der Waals surface area contributed by atoms with E-state index in [1.54, 1.807) is 0 Å². The van der Waals surface area contributed by atoms with Crippen LogP contribution in [0.2, 0.25) is 0 Å². The molecule has 0 heterocycles. The number of aliphatic hydroxyl groups excluding tert-OH is 2. The molecular formula is C21H28O2. The second-order valence-electron chi connectivity index (χ2n) is 6.68. The molecule has 0 saturated carbocycles. The van der Waals surface area contributed by atoms with Gasteiger partial charge in [-0.2, -0.15) is 0 Å². The minimum absolute atomic E-state index is 0.0561. The van der Waals surface area contributed by atoms with Gasteiger partial charge in [-0.15, -0.1) is 0 Å². The number of rotatable bonds is 4. The molecule has 0 aliphatic carbocycles. The molecule has 0 spiro atoms. The van der Waals surface area contributed by atoms with Crippen molar-refractivity contribution in [2.24, 2.45) is 0 Å². The van der Waals surface area contributed by atoms with Gasteiger partial charge in [0.1, 0.15) is 0 Å². The number of benzene rings is 2. The fraction of sp³-hybridized carbons (Fsp3) is 0.429. The third kappa shape index (κ3) is 3.19. The summed E-state index contributed by atoms with van der Waals surface area (Å²) in [6.07, 6.45) is 0.758. The standard InChI is InChI=1S/C21H28O2/c1-12-7-14(3)20(10-22)18(16(12)5)9-19-17(6)13(2)8-15(4)21(19)11-23/h7-8,22-23H,9-11H2,1-6H3. The zero-order chi connectivity index (χ0) is 17.3. The first kappa shape index (κ1) is 17.7. The van der Waals surface area contributed by atoms with Crippen molar-refractivity contribution in [3.8, 4) is 0 Å². The second-order valence-corrected chi connectivity index (χ2v) is 6.68. The molecule has 0 radical (unpaired) electrons. The Kier molecular flexibility index (Phi) is 5.28. The Morgan fingerprint density at radius 1 is 0.565 bits per heavy atom. The van der Waals surface area contributed by atoms with Gasteiger partial charge < -0.3 is 10.2 Å². The van der Waals surface area contributed by atoms with Crippen LogP contribution in [-0.2, 0) is 19.6 Å². The van der Waals surface area contributed by atoms with Crippen molar-refractivity contribution in [1.82, 2.24) is 0 Å². The van der Waals surface area contributed by atoms with Gasteiger partial charge in [0.15, 0.2) is 0 Å². The van der Waals surface area contributed by atoms with Crippen molar-refractivity contribution >= 4 is 0 Å². The van der Waals surface area contributed by atoms with Crippen LogP contribution in [0.1, 0.15) is 55.6 Å². The Bertz CT molecular complexity index is 679. The van der Waals surface area contributed by atoms with Gasteiger partial charge in [0.2, 0.25) is 0 Å². The van der Waals surface area contributed by atoms with Crippen LogP contribution in [0.25, 0.3) is 0 Å². The van der Waals surface area contributed by atoms with Gasteiger partial charge in [0, 0.05) is 0 Å². The number of hydrogen-bond acceptors (Lipinski definition) is 2. The van der Waals surface area contributed by atoms with Crippen molar-refractivity contribution in [2.75, 3.05) is 0 Å². The largest absolute Gasteiger partial charge is 0.392 e. The average molecular weight is 312 g/mol. The molecule has 0 unspecified atom stereocenters. The molecule has 0 aliphatic heterocycles. The Balaban J connectivity index is 2.70. The van der Waals surface area contributed by atoms with E-state index in [-0.39, 0.29) is 13.2 Å². The maximum Gasteiger partial charge on any atom is 0.0687 e. The molecule has 2 heteroatoms. The summed E-state index contributed by atoms with van der Waals surface area (Å²) in [4.78, 5) is 0. The van der Waals surface area contributed by atoms with Crippen LogP contribution in [0, 0.1) is 41.5 Å². The summed E-state index contributed by atoms with van der Waals surface area (Å²) in [7, 11) is 0. The lowest BCUT2D eigenvalue weighted by atomic mass is 9.85. The fourth-order valence-corrected chi connectivity index (χ4v) is 3.54.